The molecule has 0 atom stereocenters. The predicted octanol–water partition coefficient (Wildman–Crippen LogP) is 2.06. The number of benzene rings is 1. The van der Waals surface area contributed by atoms with E-state index in [4.69, 9.17) is 0 Å². The summed E-state index contributed by atoms with van der Waals surface area (Å²) in [6, 6.07) is 8.41. The lowest BCUT2D eigenvalue weighted by molar-refractivity contribution is 0.150. The number of aryl methyl sites for hydroxylation is 1. The largest absolute Gasteiger partial charge is 0.268 e. The van der Waals surface area contributed by atoms with Crippen molar-refractivity contribution in [1.29, 1.82) is 0 Å². The number of rotatable bonds is 3. The fourth-order valence-corrected chi connectivity index (χ4v) is 2.66. The molecular weight excluding hydrogens is 224 g/mol. The van der Waals surface area contributed by atoms with Gasteiger partial charge in [-0.05, 0) is 18.9 Å². The molecule has 1 aromatic carbocycles. The van der Waals surface area contributed by atoms with Crippen molar-refractivity contribution in [1.82, 2.24) is 20.2 Å². The standard InChI is InChI=1S/C14H20N4/c1-17-14-8-4-3-7-12(14)13(16-17)11-15-18-9-5-2-6-10-18/h3-4,7-8,15H,2,5-6,9-11H2,1H3. The molecule has 0 saturated carbocycles. The van der Waals surface area contributed by atoms with E-state index in [0.717, 1.165) is 25.3 Å². The SMILES string of the molecule is Cn1nc(CNN2CCCCC2)c2ccccc21. The van der Waals surface area contributed by atoms with Crippen LogP contribution >= 0.6 is 0 Å². The van der Waals surface area contributed by atoms with Gasteiger partial charge in [0.15, 0.2) is 0 Å². The molecule has 1 aliphatic heterocycles. The van der Waals surface area contributed by atoms with Crippen LogP contribution in [0.15, 0.2) is 24.3 Å². The number of aromatic nitrogens is 2. The Morgan fingerprint density at radius 2 is 1.94 bits per heavy atom. The van der Waals surface area contributed by atoms with Crippen LogP contribution in [0.25, 0.3) is 10.9 Å². The second-order valence-electron chi connectivity index (χ2n) is 4.97. The molecule has 1 aliphatic rings. The molecule has 4 heteroatoms. The van der Waals surface area contributed by atoms with Crippen LogP contribution in [0.5, 0.6) is 0 Å². The molecule has 1 N–H and O–H groups in total. The van der Waals surface area contributed by atoms with E-state index in [1.165, 1.54) is 30.2 Å². The molecule has 0 radical (unpaired) electrons. The third-order valence-electron chi connectivity index (χ3n) is 3.66. The summed E-state index contributed by atoms with van der Waals surface area (Å²) >= 11 is 0. The van der Waals surface area contributed by atoms with E-state index in [1.54, 1.807) is 0 Å². The van der Waals surface area contributed by atoms with Crippen molar-refractivity contribution in [2.75, 3.05) is 13.1 Å². The van der Waals surface area contributed by atoms with Crippen LogP contribution in [0.3, 0.4) is 0 Å². The molecule has 0 unspecified atom stereocenters. The normalized spacial score (nSPS) is 17.4. The maximum Gasteiger partial charge on any atom is 0.0855 e. The summed E-state index contributed by atoms with van der Waals surface area (Å²) < 4.78 is 1.96. The van der Waals surface area contributed by atoms with E-state index in [-0.39, 0.29) is 0 Å². The first kappa shape index (κ1) is 11.7. The Hall–Kier alpha value is -1.39. The maximum absolute atomic E-state index is 4.60. The van der Waals surface area contributed by atoms with E-state index in [9.17, 15) is 0 Å². The van der Waals surface area contributed by atoms with Crippen LogP contribution in [-0.4, -0.2) is 27.9 Å². The van der Waals surface area contributed by atoms with E-state index in [1.807, 2.05) is 11.7 Å². The van der Waals surface area contributed by atoms with E-state index in [0.29, 0.717) is 0 Å². The van der Waals surface area contributed by atoms with E-state index < -0.39 is 0 Å². The first-order valence-electron chi connectivity index (χ1n) is 6.73. The van der Waals surface area contributed by atoms with Gasteiger partial charge < -0.3 is 0 Å². The molecule has 1 fully saturated rings. The molecule has 0 amide bonds. The van der Waals surface area contributed by atoms with Crippen LogP contribution in [0.4, 0.5) is 0 Å². The Morgan fingerprint density at radius 3 is 2.78 bits per heavy atom. The summed E-state index contributed by atoms with van der Waals surface area (Å²) in [5.74, 6) is 0. The Morgan fingerprint density at radius 1 is 1.17 bits per heavy atom. The number of hydrogen-bond acceptors (Lipinski definition) is 3. The lowest BCUT2D eigenvalue weighted by Gasteiger charge is -2.26. The average Bonchev–Trinajstić information content (AvgIpc) is 2.75. The Kier molecular flexibility index (Phi) is 3.30. The van der Waals surface area contributed by atoms with E-state index in [2.05, 4.69) is 39.8 Å². The van der Waals surface area contributed by atoms with Crippen molar-refractivity contribution in [2.24, 2.45) is 7.05 Å². The zero-order valence-corrected chi connectivity index (χ0v) is 10.9. The zero-order valence-electron chi connectivity index (χ0n) is 10.9. The topological polar surface area (TPSA) is 33.1 Å². The smallest absolute Gasteiger partial charge is 0.0855 e. The van der Waals surface area contributed by atoms with Crippen LogP contribution in [-0.2, 0) is 13.6 Å². The molecule has 18 heavy (non-hydrogen) atoms. The molecule has 1 aromatic heterocycles. The monoisotopic (exact) mass is 244 g/mol. The van der Waals surface area contributed by atoms with Gasteiger partial charge in [-0.25, -0.2) is 10.4 Å². The minimum absolute atomic E-state index is 0.821. The third kappa shape index (κ3) is 2.26. The zero-order chi connectivity index (χ0) is 12.4. The van der Waals surface area contributed by atoms with Gasteiger partial charge in [-0.1, -0.05) is 24.6 Å². The highest BCUT2D eigenvalue weighted by Gasteiger charge is 2.12. The minimum atomic E-state index is 0.821. The molecule has 0 bridgehead atoms. The molecule has 4 nitrogen and oxygen atoms in total. The quantitative estimate of drug-likeness (QED) is 0.897. The van der Waals surface area contributed by atoms with Crippen molar-refractivity contribution < 1.29 is 0 Å². The van der Waals surface area contributed by atoms with Crippen LogP contribution in [0.1, 0.15) is 25.0 Å². The Balaban J connectivity index is 1.74. The fraction of sp³-hybridized carbons (Fsp3) is 0.500. The highest BCUT2D eigenvalue weighted by molar-refractivity contribution is 5.81. The summed E-state index contributed by atoms with van der Waals surface area (Å²) in [4.78, 5) is 0. The maximum atomic E-state index is 4.60. The number of fused-ring (bicyclic) bond motifs is 1. The molecule has 3 rings (SSSR count). The Bertz CT molecular complexity index is 526. The number of hydrazine groups is 1. The summed E-state index contributed by atoms with van der Waals surface area (Å²) in [5.41, 5.74) is 5.84. The fourth-order valence-electron chi connectivity index (χ4n) is 2.66. The second kappa shape index (κ2) is 5.08. The molecule has 0 spiro atoms. The molecule has 96 valence electrons. The van der Waals surface area contributed by atoms with Gasteiger partial charge in [0, 0.05) is 25.5 Å². The van der Waals surface area contributed by atoms with Gasteiger partial charge in [-0.3, -0.25) is 4.68 Å². The lowest BCUT2D eigenvalue weighted by Crippen LogP contribution is -2.41. The molecular formula is C14H20N4. The second-order valence-corrected chi connectivity index (χ2v) is 4.97. The highest BCUT2D eigenvalue weighted by Crippen LogP contribution is 2.17. The summed E-state index contributed by atoms with van der Waals surface area (Å²) in [6.07, 6.45) is 3.97. The third-order valence-corrected chi connectivity index (χ3v) is 3.66. The van der Waals surface area contributed by atoms with Gasteiger partial charge in [0.2, 0.25) is 0 Å². The van der Waals surface area contributed by atoms with Crippen molar-refractivity contribution in [3.63, 3.8) is 0 Å². The molecule has 2 heterocycles. The summed E-state index contributed by atoms with van der Waals surface area (Å²) in [5, 5.41) is 8.18. The van der Waals surface area contributed by atoms with Gasteiger partial charge in [0.1, 0.15) is 0 Å². The molecule has 2 aromatic rings. The van der Waals surface area contributed by atoms with E-state index >= 15 is 0 Å². The van der Waals surface area contributed by atoms with Gasteiger partial charge in [0.05, 0.1) is 17.8 Å². The van der Waals surface area contributed by atoms with Crippen molar-refractivity contribution in [3.8, 4) is 0 Å². The van der Waals surface area contributed by atoms with Crippen LogP contribution in [0, 0.1) is 0 Å². The highest BCUT2D eigenvalue weighted by atomic mass is 15.5. The van der Waals surface area contributed by atoms with Gasteiger partial charge in [0.25, 0.3) is 0 Å². The van der Waals surface area contributed by atoms with Crippen LogP contribution in [0.2, 0.25) is 0 Å². The predicted molar refractivity (Wildman–Crippen MR) is 73.0 cm³/mol. The number of para-hydroxylation sites is 1. The Labute approximate surface area is 108 Å². The minimum Gasteiger partial charge on any atom is -0.268 e. The first-order chi connectivity index (χ1) is 8.84. The summed E-state index contributed by atoms with van der Waals surface area (Å²) in [7, 11) is 2.01. The number of piperidine rings is 1. The molecule has 1 saturated heterocycles. The van der Waals surface area contributed by atoms with Crippen LogP contribution < -0.4 is 5.43 Å². The number of nitrogens with zero attached hydrogens (tertiary/aromatic N) is 3. The molecule has 0 aliphatic carbocycles. The van der Waals surface area contributed by atoms with Gasteiger partial charge in [-0.15, -0.1) is 0 Å². The first-order valence-corrected chi connectivity index (χ1v) is 6.73. The number of nitrogens with one attached hydrogen (secondary N) is 1. The van der Waals surface area contributed by atoms with Gasteiger partial charge in [-0.2, -0.15) is 5.10 Å². The lowest BCUT2D eigenvalue weighted by atomic mass is 10.2. The van der Waals surface area contributed by atoms with Gasteiger partial charge >= 0.3 is 0 Å². The van der Waals surface area contributed by atoms with Crippen molar-refractivity contribution in [3.05, 3.63) is 30.0 Å². The van der Waals surface area contributed by atoms with Crippen molar-refractivity contribution in [2.45, 2.75) is 25.8 Å². The summed E-state index contributed by atoms with van der Waals surface area (Å²) in [6.45, 7) is 3.14. The number of hydrogen-bond donors (Lipinski definition) is 1. The van der Waals surface area contributed by atoms with Crippen molar-refractivity contribution >= 4 is 10.9 Å². The average molecular weight is 244 g/mol.